The number of carbonyl (C=O) groups is 1. The minimum atomic E-state index is 0.0486. The zero-order valence-electron chi connectivity index (χ0n) is 18.3. The number of hydrogen-bond acceptors (Lipinski definition) is 3. The van der Waals surface area contributed by atoms with Crippen LogP contribution in [0, 0.1) is 5.92 Å². The Morgan fingerprint density at radius 1 is 1.13 bits per heavy atom. The SMILES string of the molecule is CC1CCC(N(C)C(=O)C=Cc2cn(Cc3ccccc3)nc2-c2cccnc2)CC1. The topological polar surface area (TPSA) is 51.0 Å². The van der Waals surface area contributed by atoms with Crippen molar-refractivity contribution in [3.8, 4) is 11.3 Å². The van der Waals surface area contributed by atoms with E-state index in [2.05, 4.69) is 24.0 Å². The summed E-state index contributed by atoms with van der Waals surface area (Å²) < 4.78 is 1.92. The summed E-state index contributed by atoms with van der Waals surface area (Å²) in [6.45, 7) is 2.97. The molecule has 1 amide bonds. The average molecular weight is 415 g/mol. The summed E-state index contributed by atoms with van der Waals surface area (Å²) in [4.78, 5) is 19.0. The number of benzene rings is 1. The van der Waals surface area contributed by atoms with Gasteiger partial charge in [0.05, 0.1) is 6.54 Å². The summed E-state index contributed by atoms with van der Waals surface area (Å²) in [6.07, 6.45) is 13.7. The van der Waals surface area contributed by atoms with Gasteiger partial charge in [0, 0.05) is 48.9 Å². The number of hydrogen-bond donors (Lipinski definition) is 0. The number of rotatable bonds is 6. The van der Waals surface area contributed by atoms with Crippen LogP contribution in [0.5, 0.6) is 0 Å². The van der Waals surface area contributed by atoms with E-state index in [9.17, 15) is 4.79 Å². The first-order valence-corrected chi connectivity index (χ1v) is 11.1. The van der Waals surface area contributed by atoms with Gasteiger partial charge in [0.1, 0.15) is 5.69 Å². The average Bonchev–Trinajstić information content (AvgIpc) is 3.21. The Labute approximate surface area is 184 Å². The number of amides is 1. The highest BCUT2D eigenvalue weighted by atomic mass is 16.2. The molecule has 1 aromatic carbocycles. The van der Waals surface area contributed by atoms with Gasteiger partial charge in [0.25, 0.3) is 0 Å². The predicted octanol–water partition coefficient (Wildman–Crippen LogP) is 5.04. The van der Waals surface area contributed by atoms with Crippen LogP contribution in [0.1, 0.15) is 43.7 Å². The van der Waals surface area contributed by atoms with E-state index < -0.39 is 0 Å². The van der Waals surface area contributed by atoms with Gasteiger partial charge in [-0.25, -0.2) is 0 Å². The molecule has 0 unspecified atom stereocenters. The number of aromatic nitrogens is 3. The molecule has 5 heteroatoms. The van der Waals surface area contributed by atoms with Gasteiger partial charge in [0.15, 0.2) is 0 Å². The van der Waals surface area contributed by atoms with Gasteiger partial charge in [-0.05, 0) is 55.4 Å². The van der Waals surface area contributed by atoms with E-state index in [-0.39, 0.29) is 5.91 Å². The van der Waals surface area contributed by atoms with Crippen molar-refractivity contribution in [2.24, 2.45) is 5.92 Å². The highest BCUT2D eigenvalue weighted by Gasteiger charge is 2.23. The molecule has 31 heavy (non-hydrogen) atoms. The van der Waals surface area contributed by atoms with Crippen LogP contribution < -0.4 is 0 Å². The molecule has 0 radical (unpaired) electrons. The highest BCUT2D eigenvalue weighted by Crippen LogP contribution is 2.27. The lowest BCUT2D eigenvalue weighted by atomic mass is 9.87. The maximum Gasteiger partial charge on any atom is 0.246 e. The van der Waals surface area contributed by atoms with Crippen LogP contribution in [0.25, 0.3) is 17.3 Å². The molecule has 2 heterocycles. The quantitative estimate of drug-likeness (QED) is 0.531. The molecule has 0 saturated heterocycles. The largest absolute Gasteiger partial charge is 0.339 e. The monoisotopic (exact) mass is 414 g/mol. The van der Waals surface area contributed by atoms with E-state index in [1.807, 2.05) is 65.4 Å². The molecule has 1 saturated carbocycles. The highest BCUT2D eigenvalue weighted by molar-refractivity contribution is 5.92. The molecule has 160 valence electrons. The fraction of sp³-hybridized carbons (Fsp3) is 0.346. The maximum absolute atomic E-state index is 12.8. The summed E-state index contributed by atoms with van der Waals surface area (Å²) in [5.74, 6) is 0.820. The second-order valence-electron chi connectivity index (χ2n) is 8.55. The van der Waals surface area contributed by atoms with E-state index in [1.54, 1.807) is 12.3 Å². The molecule has 5 nitrogen and oxygen atoms in total. The van der Waals surface area contributed by atoms with E-state index in [1.165, 1.54) is 18.4 Å². The summed E-state index contributed by atoms with van der Waals surface area (Å²) in [5.41, 5.74) is 3.88. The number of carbonyl (C=O) groups excluding carboxylic acids is 1. The summed E-state index contributed by atoms with van der Waals surface area (Å²) in [5, 5.41) is 4.80. The van der Waals surface area contributed by atoms with Crippen molar-refractivity contribution in [1.29, 1.82) is 0 Å². The molecule has 3 aromatic rings. The molecule has 1 aliphatic rings. The van der Waals surface area contributed by atoms with Crippen molar-refractivity contribution in [3.63, 3.8) is 0 Å². The Kier molecular flexibility index (Phi) is 6.60. The van der Waals surface area contributed by atoms with Gasteiger partial charge in [-0.2, -0.15) is 5.10 Å². The lowest BCUT2D eigenvalue weighted by molar-refractivity contribution is -0.127. The molecule has 0 N–H and O–H groups in total. The predicted molar refractivity (Wildman–Crippen MR) is 124 cm³/mol. The van der Waals surface area contributed by atoms with Crippen LogP contribution in [0.15, 0.2) is 67.1 Å². The second-order valence-corrected chi connectivity index (χ2v) is 8.55. The molecule has 0 atom stereocenters. The van der Waals surface area contributed by atoms with Gasteiger partial charge in [-0.3, -0.25) is 14.5 Å². The van der Waals surface area contributed by atoms with Gasteiger partial charge in [0.2, 0.25) is 5.91 Å². The minimum absolute atomic E-state index is 0.0486. The van der Waals surface area contributed by atoms with Crippen molar-refractivity contribution in [2.45, 2.75) is 45.2 Å². The second kappa shape index (κ2) is 9.73. The third-order valence-electron chi connectivity index (χ3n) is 6.20. The Balaban J connectivity index is 1.55. The first kappa shape index (κ1) is 21.0. The summed E-state index contributed by atoms with van der Waals surface area (Å²) in [7, 11) is 1.92. The summed E-state index contributed by atoms with van der Waals surface area (Å²) in [6, 6.07) is 14.5. The van der Waals surface area contributed by atoms with Crippen molar-refractivity contribution in [2.75, 3.05) is 7.05 Å². The smallest absolute Gasteiger partial charge is 0.246 e. The van der Waals surface area contributed by atoms with E-state index >= 15 is 0 Å². The molecule has 1 fully saturated rings. The zero-order valence-corrected chi connectivity index (χ0v) is 18.3. The fourth-order valence-electron chi connectivity index (χ4n) is 4.23. The van der Waals surface area contributed by atoms with Crippen LogP contribution in [-0.2, 0) is 11.3 Å². The number of nitrogens with zero attached hydrogens (tertiary/aromatic N) is 4. The third-order valence-corrected chi connectivity index (χ3v) is 6.20. The van der Waals surface area contributed by atoms with E-state index in [0.29, 0.717) is 12.6 Å². The Hall–Kier alpha value is -3.21. The molecule has 0 spiro atoms. The first-order chi connectivity index (χ1) is 15.1. The molecule has 0 aliphatic heterocycles. The van der Waals surface area contributed by atoms with Crippen molar-refractivity contribution in [1.82, 2.24) is 19.7 Å². The fourth-order valence-corrected chi connectivity index (χ4v) is 4.23. The minimum Gasteiger partial charge on any atom is -0.339 e. The zero-order chi connectivity index (χ0) is 21.6. The molecule has 2 aromatic heterocycles. The van der Waals surface area contributed by atoms with Gasteiger partial charge < -0.3 is 4.90 Å². The molecular weight excluding hydrogens is 384 g/mol. The molecule has 0 bridgehead atoms. The van der Waals surface area contributed by atoms with Crippen LogP contribution in [0.4, 0.5) is 0 Å². The van der Waals surface area contributed by atoms with Crippen LogP contribution in [0.3, 0.4) is 0 Å². The van der Waals surface area contributed by atoms with Gasteiger partial charge >= 0.3 is 0 Å². The van der Waals surface area contributed by atoms with Gasteiger partial charge in [-0.15, -0.1) is 0 Å². The Morgan fingerprint density at radius 2 is 1.90 bits per heavy atom. The standard InChI is InChI=1S/C26H30N4O/c1-20-10-13-24(14-11-20)29(2)25(31)15-12-23-19-30(18-21-7-4-3-5-8-21)28-26(23)22-9-6-16-27-17-22/h3-9,12,15-17,19-20,24H,10-11,13-14,18H2,1-2H3. The Bertz CT molecular complexity index is 1020. The first-order valence-electron chi connectivity index (χ1n) is 11.1. The lowest BCUT2D eigenvalue weighted by Gasteiger charge is -2.33. The normalized spacial score (nSPS) is 18.9. The molecule has 1 aliphatic carbocycles. The lowest BCUT2D eigenvalue weighted by Crippen LogP contribution is -2.38. The van der Waals surface area contributed by atoms with Crippen LogP contribution in [0.2, 0.25) is 0 Å². The van der Waals surface area contributed by atoms with Crippen molar-refractivity contribution < 1.29 is 4.79 Å². The number of likely N-dealkylation sites (N-methyl/N-ethyl adjacent to an activating group) is 1. The summed E-state index contributed by atoms with van der Waals surface area (Å²) >= 11 is 0. The third kappa shape index (κ3) is 5.29. The van der Waals surface area contributed by atoms with E-state index in [0.717, 1.165) is 35.6 Å². The van der Waals surface area contributed by atoms with Crippen LogP contribution in [-0.4, -0.2) is 38.7 Å². The molecular formula is C26H30N4O. The van der Waals surface area contributed by atoms with Crippen molar-refractivity contribution in [3.05, 3.63) is 78.3 Å². The van der Waals surface area contributed by atoms with Gasteiger partial charge in [-0.1, -0.05) is 37.3 Å². The number of pyridine rings is 1. The van der Waals surface area contributed by atoms with Crippen molar-refractivity contribution >= 4 is 12.0 Å². The maximum atomic E-state index is 12.8. The van der Waals surface area contributed by atoms with Crippen LogP contribution >= 0.6 is 0 Å². The van der Waals surface area contributed by atoms with E-state index in [4.69, 9.17) is 5.10 Å². The Morgan fingerprint density at radius 3 is 2.61 bits per heavy atom. The molecule has 4 rings (SSSR count).